The van der Waals surface area contributed by atoms with Crippen molar-refractivity contribution in [2.24, 2.45) is 0 Å². The first kappa shape index (κ1) is 12.8. The van der Waals surface area contributed by atoms with Crippen LogP contribution in [0.2, 0.25) is 0 Å². The van der Waals surface area contributed by atoms with Crippen molar-refractivity contribution in [1.29, 1.82) is 0 Å². The van der Waals surface area contributed by atoms with E-state index < -0.39 is 17.9 Å². The summed E-state index contributed by atoms with van der Waals surface area (Å²) in [4.78, 5) is 24.2. The van der Waals surface area contributed by atoms with Gasteiger partial charge < -0.3 is 14.3 Å². The highest BCUT2D eigenvalue weighted by atomic mass is 32.2. The number of furan rings is 1. The lowest BCUT2D eigenvalue weighted by atomic mass is 10.3. The van der Waals surface area contributed by atoms with E-state index >= 15 is 0 Å². The van der Waals surface area contributed by atoms with Crippen LogP contribution in [0.4, 0.5) is 0 Å². The molecule has 2 heterocycles. The fourth-order valence-electron chi connectivity index (χ4n) is 1.42. The zero-order chi connectivity index (χ0) is 13.3. The van der Waals surface area contributed by atoms with Crippen molar-refractivity contribution in [2.75, 3.05) is 0 Å². The van der Waals surface area contributed by atoms with Crippen LogP contribution >= 0.6 is 24.0 Å². The molecule has 2 rings (SSSR count). The van der Waals surface area contributed by atoms with Gasteiger partial charge >= 0.3 is 0 Å². The summed E-state index contributed by atoms with van der Waals surface area (Å²) >= 11 is 6.03. The second-order valence-corrected chi connectivity index (χ2v) is 5.24. The molecule has 1 amide bonds. The van der Waals surface area contributed by atoms with Crippen molar-refractivity contribution in [3.05, 3.63) is 29.1 Å². The Morgan fingerprint density at radius 2 is 2.39 bits per heavy atom. The minimum absolute atomic E-state index is 0.203. The van der Waals surface area contributed by atoms with Crippen molar-refractivity contribution in [3.8, 4) is 0 Å². The zero-order valence-corrected chi connectivity index (χ0v) is 10.9. The Labute approximate surface area is 112 Å². The Kier molecular flexibility index (Phi) is 3.53. The number of thiocarbonyl (C=S) groups is 1. The molecule has 0 aliphatic carbocycles. The number of thioether (sulfide) groups is 1. The number of aliphatic carboxylic acids is 1. The van der Waals surface area contributed by atoms with E-state index in [-0.39, 0.29) is 4.32 Å². The molecule has 0 bridgehead atoms. The molecule has 0 unspecified atom stereocenters. The molecule has 0 N–H and O–H groups in total. The van der Waals surface area contributed by atoms with Gasteiger partial charge in [0.15, 0.2) is 0 Å². The number of carbonyl (C=O) groups is 2. The predicted octanol–water partition coefficient (Wildman–Crippen LogP) is 0.619. The Hall–Kier alpha value is -1.60. The van der Waals surface area contributed by atoms with E-state index in [2.05, 4.69) is 0 Å². The van der Waals surface area contributed by atoms with Crippen molar-refractivity contribution in [1.82, 2.24) is 4.90 Å². The van der Waals surface area contributed by atoms with Crippen LogP contribution in [-0.2, 0) is 9.59 Å². The van der Waals surface area contributed by atoms with E-state index in [0.717, 1.165) is 16.7 Å². The molecular formula is C11H8NO4S2-. The molecule has 1 aliphatic heterocycles. The third kappa shape index (κ3) is 2.32. The van der Waals surface area contributed by atoms with Crippen LogP contribution in [0, 0.1) is 0 Å². The van der Waals surface area contributed by atoms with Crippen LogP contribution in [0.1, 0.15) is 12.7 Å². The highest BCUT2D eigenvalue weighted by molar-refractivity contribution is 8.26. The molecule has 0 radical (unpaired) electrons. The van der Waals surface area contributed by atoms with E-state index in [9.17, 15) is 14.7 Å². The van der Waals surface area contributed by atoms with Gasteiger partial charge in [-0.25, -0.2) is 0 Å². The second-order valence-electron chi connectivity index (χ2n) is 3.56. The number of hydrogen-bond acceptors (Lipinski definition) is 6. The zero-order valence-electron chi connectivity index (χ0n) is 9.28. The largest absolute Gasteiger partial charge is 0.548 e. The monoisotopic (exact) mass is 282 g/mol. The standard InChI is InChI=1S/C11H9NO4S2/c1-6(10(14)15)12-9(13)8(18-11(12)17)5-7-3-2-4-16-7/h2-6H,1H3,(H,14,15)/p-1/b8-5+/t6-/m0/s1. The SMILES string of the molecule is C[C@@H](C(=O)[O-])N1C(=O)/C(=C\c2ccco2)SC1=S. The lowest BCUT2D eigenvalue weighted by molar-refractivity contribution is -0.309. The molecular weight excluding hydrogens is 274 g/mol. The number of carboxylic acid groups (broad SMARTS) is 1. The number of hydrogen-bond donors (Lipinski definition) is 0. The van der Waals surface area contributed by atoms with Crippen LogP contribution in [0.5, 0.6) is 0 Å². The summed E-state index contributed by atoms with van der Waals surface area (Å²) in [5.41, 5.74) is 0. The topological polar surface area (TPSA) is 73.6 Å². The minimum Gasteiger partial charge on any atom is -0.548 e. The number of rotatable bonds is 3. The third-order valence-corrected chi connectivity index (χ3v) is 3.70. The van der Waals surface area contributed by atoms with Crippen LogP contribution in [-0.4, -0.2) is 27.1 Å². The number of amides is 1. The Bertz CT molecular complexity index is 535. The summed E-state index contributed by atoms with van der Waals surface area (Å²) in [5, 5.41) is 10.8. The maximum Gasteiger partial charge on any atom is 0.266 e. The lowest BCUT2D eigenvalue weighted by Gasteiger charge is -2.23. The van der Waals surface area contributed by atoms with Gasteiger partial charge in [-0.1, -0.05) is 24.0 Å². The molecule has 1 aromatic heterocycles. The van der Waals surface area contributed by atoms with Gasteiger partial charge in [0.1, 0.15) is 10.1 Å². The first-order chi connectivity index (χ1) is 8.50. The predicted molar refractivity (Wildman–Crippen MR) is 68.2 cm³/mol. The molecule has 1 aliphatic rings. The van der Waals surface area contributed by atoms with Crippen molar-refractivity contribution >= 4 is 46.3 Å². The Morgan fingerprint density at radius 3 is 2.94 bits per heavy atom. The number of carbonyl (C=O) groups excluding carboxylic acids is 2. The van der Waals surface area contributed by atoms with Crippen LogP contribution in [0.25, 0.3) is 6.08 Å². The smallest absolute Gasteiger partial charge is 0.266 e. The van der Waals surface area contributed by atoms with Gasteiger partial charge in [-0.3, -0.25) is 9.69 Å². The van der Waals surface area contributed by atoms with Gasteiger partial charge in [-0.15, -0.1) is 0 Å². The van der Waals surface area contributed by atoms with E-state index in [1.54, 1.807) is 12.1 Å². The molecule has 0 spiro atoms. The summed E-state index contributed by atoms with van der Waals surface area (Å²) in [6.07, 6.45) is 3.01. The molecule has 1 atom stereocenters. The summed E-state index contributed by atoms with van der Waals surface area (Å²) in [7, 11) is 0. The van der Waals surface area contributed by atoms with Gasteiger partial charge in [-0.2, -0.15) is 0 Å². The highest BCUT2D eigenvalue weighted by Gasteiger charge is 2.35. The fourth-order valence-corrected chi connectivity index (χ4v) is 2.82. The average Bonchev–Trinajstić information content (AvgIpc) is 2.88. The fraction of sp³-hybridized carbons (Fsp3) is 0.182. The number of nitrogens with zero attached hydrogens (tertiary/aromatic N) is 1. The average molecular weight is 282 g/mol. The second kappa shape index (κ2) is 4.95. The summed E-state index contributed by atoms with van der Waals surface area (Å²) in [6, 6.07) is 2.30. The summed E-state index contributed by atoms with van der Waals surface area (Å²) in [6.45, 7) is 1.36. The first-order valence-corrected chi connectivity index (χ1v) is 6.24. The lowest BCUT2D eigenvalue weighted by Crippen LogP contribution is -2.48. The summed E-state index contributed by atoms with van der Waals surface area (Å²) < 4.78 is 5.29. The van der Waals surface area contributed by atoms with Gasteiger partial charge in [0, 0.05) is 6.08 Å². The maximum absolute atomic E-state index is 12.0. The van der Waals surface area contributed by atoms with Crippen LogP contribution in [0.15, 0.2) is 27.7 Å². The minimum atomic E-state index is -1.34. The van der Waals surface area contributed by atoms with E-state index in [1.807, 2.05) is 0 Å². The van der Waals surface area contributed by atoms with E-state index in [0.29, 0.717) is 10.7 Å². The van der Waals surface area contributed by atoms with E-state index in [1.165, 1.54) is 19.3 Å². The molecule has 0 aromatic carbocycles. The van der Waals surface area contributed by atoms with Crippen molar-refractivity contribution < 1.29 is 19.1 Å². The van der Waals surface area contributed by atoms with E-state index in [4.69, 9.17) is 16.6 Å². The molecule has 1 saturated heterocycles. The third-order valence-electron chi connectivity index (χ3n) is 2.37. The van der Waals surface area contributed by atoms with Crippen LogP contribution in [0.3, 0.4) is 0 Å². The molecule has 94 valence electrons. The molecule has 1 aromatic rings. The molecule has 7 heteroatoms. The molecule has 0 saturated carbocycles. The molecule has 1 fully saturated rings. The molecule has 5 nitrogen and oxygen atoms in total. The Morgan fingerprint density at radius 1 is 1.67 bits per heavy atom. The van der Waals surface area contributed by atoms with Gasteiger partial charge in [0.05, 0.1) is 23.2 Å². The van der Waals surface area contributed by atoms with Crippen LogP contribution < -0.4 is 5.11 Å². The van der Waals surface area contributed by atoms with Gasteiger partial charge in [-0.05, 0) is 19.1 Å². The maximum atomic E-state index is 12.0. The summed E-state index contributed by atoms with van der Waals surface area (Å²) in [5.74, 6) is -1.28. The Balaban J connectivity index is 2.27. The normalized spacial score (nSPS) is 19.6. The van der Waals surface area contributed by atoms with Gasteiger partial charge in [0.25, 0.3) is 5.91 Å². The molecule has 18 heavy (non-hydrogen) atoms. The first-order valence-electron chi connectivity index (χ1n) is 5.02. The highest BCUT2D eigenvalue weighted by Crippen LogP contribution is 2.33. The van der Waals surface area contributed by atoms with Gasteiger partial charge in [0.2, 0.25) is 0 Å². The van der Waals surface area contributed by atoms with Crippen molar-refractivity contribution in [3.63, 3.8) is 0 Å². The van der Waals surface area contributed by atoms with Crippen molar-refractivity contribution in [2.45, 2.75) is 13.0 Å². The quantitative estimate of drug-likeness (QED) is 0.597. The number of carboxylic acids is 1.